The molecular formula is C38H45ClN6O5. The van der Waals surface area contributed by atoms with Crippen LogP contribution in [0.3, 0.4) is 0 Å². The number of carbonyl (C=O) groups excluding carboxylic acids is 1. The number of fused-ring (bicyclic) bond motifs is 1. The summed E-state index contributed by atoms with van der Waals surface area (Å²) < 4.78 is 12.3. The number of nitrogens with one attached hydrogen (secondary N) is 2. The lowest BCUT2D eigenvalue weighted by atomic mass is 9.92. The van der Waals surface area contributed by atoms with Gasteiger partial charge in [0.2, 0.25) is 0 Å². The van der Waals surface area contributed by atoms with Crippen molar-refractivity contribution in [1.29, 1.82) is 0 Å². The van der Waals surface area contributed by atoms with Gasteiger partial charge in [-0.2, -0.15) is 5.10 Å². The van der Waals surface area contributed by atoms with Gasteiger partial charge in [0.05, 0.1) is 17.1 Å². The largest absolute Gasteiger partial charge is 0.488 e. The molecule has 11 nitrogen and oxygen atoms in total. The van der Waals surface area contributed by atoms with Crippen molar-refractivity contribution in [3.63, 3.8) is 0 Å². The first-order valence-electron chi connectivity index (χ1n) is 15.8. The molecule has 2 aromatic heterocycles. The SMILES string of the molecule is C=C(C)Cl.CO[C@@H](C)C(=O)O.Cc1ccc(-n2nc(C(C)(C)C)cc2NC(=O)Nc2ccc(OCc3ccnc(N)c3)c3ccccc23)cc1. The Hall–Kier alpha value is -5.39. The van der Waals surface area contributed by atoms with Crippen molar-refractivity contribution in [3.8, 4) is 11.4 Å². The van der Waals surface area contributed by atoms with Crippen LogP contribution in [0.25, 0.3) is 16.5 Å². The fourth-order valence-corrected chi connectivity index (χ4v) is 4.34. The monoisotopic (exact) mass is 700 g/mol. The number of allylic oxidation sites excluding steroid dienone is 1. The van der Waals surface area contributed by atoms with Crippen molar-refractivity contribution in [3.05, 3.63) is 113 Å². The molecule has 0 radical (unpaired) electrons. The average molecular weight is 701 g/mol. The average Bonchev–Trinajstić information content (AvgIpc) is 3.48. The van der Waals surface area contributed by atoms with Crippen LogP contribution in [0.5, 0.6) is 5.75 Å². The third kappa shape index (κ3) is 11.6. The molecule has 0 aliphatic carbocycles. The van der Waals surface area contributed by atoms with Gasteiger partial charge in [0.15, 0.2) is 6.10 Å². The number of carbonyl (C=O) groups is 2. The summed E-state index contributed by atoms with van der Waals surface area (Å²) in [6, 6.07) is 24.7. The highest BCUT2D eigenvalue weighted by molar-refractivity contribution is 6.28. The maximum absolute atomic E-state index is 13.2. The zero-order chi connectivity index (χ0) is 37.0. The molecule has 5 N–H and O–H groups in total. The second kappa shape index (κ2) is 17.8. The van der Waals surface area contributed by atoms with Crippen molar-refractivity contribution < 1.29 is 24.2 Å². The number of amides is 2. The molecule has 0 fully saturated rings. The van der Waals surface area contributed by atoms with E-state index in [1.807, 2.05) is 79.7 Å². The Labute approximate surface area is 298 Å². The Morgan fingerprint density at radius 3 is 2.22 bits per heavy atom. The van der Waals surface area contributed by atoms with E-state index in [0.717, 1.165) is 33.3 Å². The molecular weight excluding hydrogens is 656 g/mol. The molecule has 0 saturated carbocycles. The predicted molar refractivity (Wildman–Crippen MR) is 201 cm³/mol. The van der Waals surface area contributed by atoms with Gasteiger partial charge in [-0.25, -0.2) is 19.3 Å². The number of rotatable bonds is 8. The second-order valence-corrected chi connectivity index (χ2v) is 13.1. The van der Waals surface area contributed by atoms with E-state index in [2.05, 4.69) is 47.7 Å². The van der Waals surface area contributed by atoms with E-state index >= 15 is 0 Å². The molecule has 0 bridgehead atoms. The normalized spacial score (nSPS) is 11.3. The summed E-state index contributed by atoms with van der Waals surface area (Å²) in [6.45, 7) is 15.2. The molecule has 264 valence electrons. The molecule has 5 rings (SSSR count). The molecule has 1 atom stereocenters. The number of benzene rings is 3. The predicted octanol–water partition coefficient (Wildman–Crippen LogP) is 8.70. The number of anilines is 3. The molecule has 0 aliphatic rings. The van der Waals surface area contributed by atoms with Crippen LogP contribution in [-0.4, -0.2) is 45.1 Å². The fourth-order valence-electron chi connectivity index (χ4n) is 4.34. The van der Waals surface area contributed by atoms with E-state index in [4.69, 9.17) is 32.3 Å². The Morgan fingerprint density at radius 1 is 1.02 bits per heavy atom. The first-order valence-corrected chi connectivity index (χ1v) is 16.1. The highest BCUT2D eigenvalue weighted by atomic mass is 35.5. The van der Waals surface area contributed by atoms with Crippen LogP contribution < -0.4 is 21.1 Å². The highest BCUT2D eigenvalue weighted by Crippen LogP contribution is 2.33. The number of nitrogens with two attached hydrogens (primary N) is 1. The minimum absolute atomic E-state index is 0.184. The fraction of sp³-hybridized carbons (Fsp3) is 0.263. The summed E-state index contributed by atoms with van der Waals surface area (Å²) in [5.41, 5.74) is 10.1. The van der Waals surface area contributed by atoms with Crippen molar-refractivity contribution in [2.75, 3.05) is 23.5 Å². The number of methoxy groups -OCH3 is 1. The van der Waals surface area contributed by atoms with Gasteiger partial charge in [-0.15, -0.1) is 0 Å². The number of aryl methyl sites for hydroxylation is 1. The quantitative estimate of drug-likeness (QED) is 0.125. The van der Waals surface area contributed by atoms with Crippen LogP contribution in [0.15, 0.2) is 96.7 Å². The number of hydrogen-bond acceptors (Lipinski definition) is 7. The summed E-state index contributed by atoms with van der Waals surface area (Å²) in [7, 11) is 1.36. The molecule has 50 heavy (non-hydrogen) atoms. The molecule has 0 aliphatic heterocycles. The summed E-state index contributed by atoms with van der Waals surface area (Å²) in [5, 5.41) is 21.2. The van der Waals surface area contributed by atoms with Crippen molar-refractivity contribution in [2.45, 2.75) is 59.7 Å². The van der Waals surface area contributed by atoms with Gasteiger partial charge in [0.1, 0.15) is 24.0 Å². The topological polar surface area (TPSA) is 154 Å². The molecule has 5 aromatic rings. The lowest BCUT2D eigenvalue weighted by Gasteiger charge is -2.14. The Balaban J connectivity index is 0.000000535. The number of aliphatic carboxylic acids is 1. The van der Waals surface area contributed by atoms with Gasteiger partial charge < -0.3 is 25.6 Å². The molecule has 0 saturated heterocycles. The lowest BCUT2D eigenvalue weighted by molar-refractivity contribution is -0.147. The molecule has 12 heteroatoms. The molecule has 3 aromatic carbocycles. The number of nitrogens with zero attached hydrogens (tertiary/aromatic N) is 3. The van der Waals surface area contributed by atoms with Crippen LogP contribution >= 0.6 is 11.6 Å². The van der Waals surface area contributed by atoms with Crippen LogP contribution in [0.1, 0.15) is 51.4 Å². The van der Waals surface area contributed by atoms with Crippen LogP contribution in [0.2, 0.25) is 0 Å². The van der Waals surface area contributed by atoms with E-state index in [9.17, 15) is 9.59 Å². The van der Waals surface area contributed by atoms with Gasteiger partial charge in [-0.1, -0.05) is 80.9 Å². The maximum atomic E-state index is 13.2. The number of halogens is 1. The van der Waals surface area contributed by atoms with Crippen molar-refractivity contribution in [1.82, 2.24) is 14.8 Å². The number of carboxylic acids is 1. The van der Waals surface area contributed by atoms with Gasteiger partial charge in [0.25, 0.3) is 0 Å². The number of urea groups is 1. The minimum Gasteiger partial charge on any atom is -0.488 e. The van der Waals surface area contributed by atoms with Gasteiger partial charge in [-0.05, 0) is 62.7 Å². The maximum Gasteiger partial charge on any atom is 0.332 e. The van der Waals surface area contributed by atoms with Crippen LogP contribution in [0, 0.1) is 6.92 Å². The van der Waals surface area contributed by atoms with E-state index in [1.54, 1.807) is 23.9 Å². The zero-order valence-electron chi connectivity index (χ0n) is 29.5. The summed E-state index contributed by atoms with van der Waals surface area (Å²) >= 11 is 5.08. The number of hydrogen-bond donors (Lipinski definition) is 4. The number of ether oxygens (including phenoxy) is 2. The minimum atomic E-state index is -0.928. The standard InChI is InChI=1S/C31H32N6O2.C4H8O3.C3H5Cl/c1-20-9-11-22(12-10-20)37-29(18-27(36-37)31(2,3)4)35-30(38)34-25-13-14-26(24-8-6-5-7-23(24)25)39-19-21-15-16-33-28(32)17-21;1-3(7-2)4(5)6;1-3(2)4/h5-18H,19H2,1-4H3,(H2,32,33)(H2,34,35,38);3H,1-2H3,(H,5,6);1H2,2H3/t;3-;/m.0./s1. The number of pyridine rings is 1. The Bertz CT molecular complexity index is 1910. The first-order chi connectivity index (χ1) is 23.6. The van der Waals surface area contributed by atoms with Crippen LogP contribution in [-0.2, 0) is 21.6 Å². The summed E-state index contributed by atoms with van der Waals surface area (Å²) in [5.74, 6) is 0.814. The van der Waals surface area contributed by atoms with Gasteiger partial charge in [0, 0.05) is 40.6 Å². The Kier molecular flexibility index (Phi) is 13.9. The van der Waals surface area contributed by atoms with Gasteiger partial charge >= 0.3 is 12.0 Å². The zero-order valence-corrected chi connectivity index (χ0v) is 30.2. The molecule has 2 heterocycles. The second-order valence-electron chi connectivity index (χ2n) is 12.4. The highest BCUT2D eigenvalue weighted by Gasteiger charge is 2.22. The first kappa shape index (κ1) is 39.1. The molecule has 0 spiro atoms. The lowest BCUT2D eigenvalue weighted by Crippen LogP contribution is -2.21. The Morgan fingerprint density at radius 2 is 1.66 bits per heavy atom. The third-order valence-corrected chi connectivity index (χ3v) is 7.07. The van der Waals surface area contributed by atoms with E-state index < -0.39 is 12.1 Å². The van der Waals surface area contributed by atoms with E-state index in [-0.39, 0.29) is 11.4 Å². The molecule has 2 amide bonds. The number of aromatic nitrogens is 3. The van der Waals surface area contributed by atoms with Crippen molar-refractivity contribution in [2.24, 2.45) is 0 Å². The summed E-state index contributed by atoms with van der Waals surface area (Å²) in [6.07, 6.45) is 0.979. The van der Waals surface area contributed by atoms with Gasteiger partial charge in [-0.3, -0.25) is 5.32 Å². The number of carboxylic acid groups (broad SMARTS) is 1. The third-order valence-electron chi connectivity index (χ3n) is 7.07. The number of nitrogen functional groups attached to an aromatic ring is 1. The van der Waals surface area contributed by atoms with E-state index in [1.165, 1.54) is 14.0 Å². The van der Waals surface area contributed by atoms with E-state index in [0.29, 0.717) is 34.7 Å². The van der Waals surface area contributed by atoms with Crippen molar-refractivity contribution >= 4 is 51.7 Å². The summed E-state index contributed by atoms with van der Waals surface area (Å²) in [4.78, 5) is 27.1. The smallest absolute Gasteiger partial charge is 0.332 e. The van der Waals surface area contributed by atoms with Crippen LogP contribution in [0.4, 0.5) is 22.1 Å². The molecule has 0 unspecified atom stereocenters.